The highest BCUT2D eigenvalue weighted by Gasteiger charge is 2.07. The first-order valence-electron chi connectivity index (χ1n) is 4.95. The first kappa shape index (κ1) is 10.3. The fourth-order valence-electron chi connectivity index (χ4n) is 1.69. The molecule has 0 heterocycles. The Hall–Kier alpha value is -0.820. The summed E-state index contributed by atoms with van der Waals surface area (Å²) in [5.74, 6) is 0.518. The van der Waals surface area contributed by atoms with Gasteiger partial charge in [0.15, 0.2) is 0 Å². The molecule has 0 aliphatic heterocycles. The van der Waals surface area contributed by atoms with Crippen LogP contribution in [-0.2, 0) is 0 Å². The molecule has 1 heteroatoms. The van der Waals surface area contributed by atoms with Gasteiger partial charge in [0.25, 0.3) is 0 Å². The lowest BCUT2D eigenvalue weighted by atomic mass is 9.93. The number of aliphatic hydroxyl groups excluding tert-OH is 1. The summed E-state index contributed by atoms with van der Waals surface area (Å²) in [6.45, 7) is 4.56. The van der Waals surface area contributed by atoms with E-state index in [0.29, 0.717) is 5.92 Å². The van der Waals surface area contributed by atoms with Crippen molar-refractivity contribution in [2.45, 2.75) is 32.6 Å². The Kier molecular flexibility index (Phi) is 3.97. The minimum atomic E-state index is 0.284. The highest BCUT2D eigenvalue weighted by Crippen LogP contribution is 2.23. The molecule has 1 N–H and O–H groups in total. The number of rotatable bonds is 4. The summed E-state index contributed by atoms with van der Waals surface area (Å²) in [5.41, 5.74) is 2.66. The second-order valence-corrected chi connectivity index (χ2v) is 3.53. The van der Waals surface area contributed by atoms with Gasteiger partial charge in [-0.25, -0.2) is 0 Å². The van der Waals surface area contributed by atoms with Crippen LogP contribution in [0.3, 0.4) is 0 Å². The van der Waals surface area contributed by atoms with E-state index in [-0.39, 0.29) is 6.61 Å². The molecule has 0 amide bonds. The van der Waals surface area contributed by atoms with Crippen LogP contribution in [0.25, 0.3) is 0 Å². The molecule has 13 heavy (non-hydrogen) atoms. The van der Waals surface area contributed by atoms with Crippen LogP contribution in [0.4, 0.5) is 0 Å². The summed E-state index contributed by atoms with van der Waals surface area (Å²) in [5, 5.41) is 8.90. The molecule has 0 aliphatic carbocycles. The third kappa shape index (κ3) is 2.85. The van der Waals surface area contributed by atoms with Gasteiger partial charge in [0.05, 0.1) is 0 Å². The van der Waals surface area contributed by atoms with Crippen LogP contribution in [0.1, 0.15) is 36.8 Å². The predicted octanol–water partition coefficient (Wildman–Crippen LogP) is 2.87. The largest absolute Gasteiger partial charge is 0.396 e. The molecule has 1 aromatic carbocycles. The van der Waals surface area contributed by atoms with Crippen LogP contribution in [0, 0.1) is 6.92 Å². The van der Waals surface area contributed by atoms with Gasteiger partial charge in [0, 0.05) is 6.61 Å². The Morgan fingerprint density at radius 2 is 2.15 bits per heavy atom. The van der Waals surface area contributed by atoms with Crippen LogP contribution in [0.15, 0.2) is 24.3 Å². The molecular weight excluding hydrogens is 160 g/mol. The topological polar surface area (TPSA) is 20.2 Å². The SMILES string of the molecule is CCC(CCO)c1cccc(C)c1. The fraction of sp³-hybridized carbons (Fsp3) is 0.500. The van der Waals surface area contributed by atoms with E-state index in [1.54, 1.807) is 0 Å². The van der Waals surface area contributed by atoms with Gasteiger partial charge in [0.2, 0.25) is 0 Å². The fourth-order valence-corrected chi connectivity index (χ4v) is 1.69. The molecule has 1 unspecified atom stereocenters. The summed E-state index contributed by atoms with van der Waals surface area (Å²) in [6, 6.07) is 8.56. The quantitative estimate of drug-likeness (QED) is 0.751. The Labute approximate surface area is 80.4 Å². The molecule has 0 saturated carbocycles. The average Bonchev–Trinajstić information content (AvgIpc) is 2.14. The van der Waals surface area contributed by atoms with Gasteiger partial charge >= 0.3 is 0 Å². The van der Waals surface area contributed by atoms with E-state index in [4.69, 9.17) is 5.11 Å². The van der Waals surface area contributed by atoms with Crippen LogP contribution in [-0.4, -0.2) is 11.7 Å². The number of hydrogen-bond acceptors (Lipinski definition) is 1. The molecule has 0 spiro atoms. The van der Waals surface area contributed by atoms with Crippen LogP contribution >= 0.6 is 0 Å². The number of benzene rings is 1. The van der Waals surface area contributed by atoms with E-state index in [0.717, 1.165) is 12.8 Å². The van der Waals surface area contributed by atoms with E-state index in [1.807, 2.05) is 0 Å². The zero-order valence-corrected chi connectivity index (χ0v) is 8.46. The molecule has 1 rings (SSSR count). The van der Waals surface area contributed by atoms with Crippen molar-refractivity contribution in [3.63, 3.8) is 0 Å². The molecular formula is C12H18O. The summed E-state index contributed by atoms with van der Waals surface area (Å²) < 4.78 is 0. The normalized spacial score (nSPS) is 12.8. The standard InChI is InChI=1S/C12H18O/c1-3-11(7-8-13)12-6-4-5-10(2)9-12/h4-6,9,11,13H,3,7-8H2,1-2H3. The van der Waals surface area contributed by atoms with Crippen molar-refractivity contribution >= 4 is 0 Å². The number of aliphatic hydroxyl groups is 1. The van der Waals surface area contributed by atoms with Crippen LogP contribution < -0.4 is 0 Å². The maximum absolute atomic E-state index is 8.90. The highest BCUT2D eigenvalue weighted by atomic mass is 16.3. The second kappa shape index (κ2) is 5.03. The minimum Gasteiger partial charge on any atom is -0.396 e. The zero-order valence-electron chi connectivity index (χ0n) is 8.46. The van der Waals surface area contributed by atoms with Crippen molar-refractivity contribution in [2.24, 2.45) is 0 Å². The summed E-state index contributed by atoms with van der Waals surface area (Å²) in [7, 11) is 0. The maximum atomic E-state index is 8.90. The van der Waals surface area contributed by atoms with Gasteiger partial charge in [0.1, 0.15) is 0 Å². The Bertz CT molecular complexity index is 255. The van der Waals surface area contributed by atoms with Gasteiger partial charge in [-0.2, -0.15) is 0 Å². The lowest BCUT2D eigenvalue weighted by Crippen LogP contribution is -2.00. The second-order valence-electron chi connectivity index (χ2n) is 3.53. The molecule has 72 valence electrons. The molecule has 0 radical (unpaired) electrons. The lowest BCUT2D eigenvalue weighted by Gasteiger charge is -2.14. The molecule has 0 saturated heterocycles. The molecule has 1 atom stereocenters. The molecule has 0 aliphatic rings. The van der Waals surface area contributed by atoms with E-state index in [1.165, 1.54) is 11.1 Å². The van der Waals surface area contributed by atoms with Gasteiger partial charge in [-0.3, -0.25) is 0 Å². The van der Waals surface area contributed by atoms with Gasteiger partial charge < -0.3 is 5.11 Å². The monoisotopic (exact) mass is 178 g/mol. The van der Waals surface area contributed by atoms with Gasteiger partial charge in [-0.05, 0) is 31.2 Å². The van der Waals surface area contributed by atoms with Crippen LogP contribution in [0.5, 0.6) is 0 Å². The predicted molar refractivity (Wildman–Crippen MR) is 55.9 cm³/mol. The molecule has 0 fully saturated rings. The van der Waals surface area contributed by atoms with Crippen molar-refractivity contribution < 1.29 is 5.11 Å². The van der Waals surface area contributed by atoms with Crippen molar-refractivity contribution in [2.75, 3.05) is 6.61 Å². The van der Waals surface area contributed by atoms with Crippen molar-refractivity contribution in [3.05, 3.63) is 35.4 Å². The lowest BCUT2D eigenvalue weighted by molar-refractivity contribution is 0.274. The Morgan fingerprint density at radius 1 is 1.38 bits per heavy atom. The first-order chi connectivity index (χ1) is 6.27. The summed E-state index contributed by atoms with van der Waals surface area (Å²) in [6.07, 6.45) is 1.98. The Balaban J connectivity index is 2.78. The van der Waals surface area contributed by atoms with Crippen molar-refractivity contribution in [1.29, 1.82) is 0 Å². The van der Waals surface area contributed by atoms with E-state index >= 15 is 0 Å². The number of hydrogen-bond donors (Lipinski definition) is 1. The van der Waals surface area contributed by atoms with E-state index in [2.05, 4.69) is 38.1 Å². The third-order valence-electron chi connectivity index (χ3n) is 2.48. The van der Waals surface area contributed by atoms with E-state index < -0.39 is 0 Å². The first-order valence-corrected chi connectivity index (χ1v) is 4.95. The number of aryl methyl sites for hydroxylation is 1. The van der Waals surface area contributed by atoms with Gasteiger partial charge in [-0.15, -0.1) is 0 Å². The smallest absolute Gasteiger partial charge is 0.0436 e. The average molecular weight is 178 g/mol. The Morgan fingerprint density at radius 3 is 2.69 bits per heavy atom. The highest BCUT2D eigenvalue weighted by molar-refractivity contribution is 5.25. The summed E-state index contributed by atoms with van der Waals surface area (Å²) in [4.78, 5) is 0. The summed E-state index contributed by atoms with van der Waals surface area (Å²) >= 11 is 0. The maximum Gasteiger partial charge on any atom is 0.0436 e. The van der Waals surface area contributed by atoms with Crippen molar-refractivity contribution in [3.8, 4) is 0 Å². The molecule has 0 bridgehead atoms. The molecule has 1 nitrogen and oxygen atoms in total. The minimum absolute atomic E-state index is 0.284. The molecule has 0 aromatic heterocycles. The molecule has 1 aromatic rings. The third-order valence-corrected chi connectivity index (χ3v) is 2.48. The zero-order chi connectivity index (χ0) is 9.68. The van der Waals surface area contributed by atoms with Crippen LogP contribution in [0.2, 0.25) is 0 Å². The van der Waals surface area contributed by atoms with Gasteiger partial charge in [-0.1, -0.05) is 36.8 Å². The van der Waals surface area contributed by atoms with E-state index in [9.17, 15) is 0 Å². The van der Waals surface area contributed by atoms with Crippen molar-refractivity contribution in [1.82, 2.24) is 0 Å².